The van der Waals surface area contributed by atoms with Gasteiger partial charge < -0.3 is 33.9 Å². The van der Waals surface area contributed by atoms with Gasteiger partial charge in [-0.1, -0.05) is 0 Å². The molecular formula is C30H45N4NaO13. The second-order valence-corrected chi connectivity index (χ2v) is 12.2. The molecule has 0 atom stereocenters. The van der Waals surface area contributed by atoms with Crippen molar-refractivity contribution in [2.75, 3.05) is 6.61 Å². The maximum atomic E-state index is 11.9. The molecule has 264 valence electrons. The molecule has 0 aliphatic heterocycles. The third-order valence-electron chi connectivity index (χ3n) is 5.79. The molecule has 0 radical (unpaired) electrons. The first-order valence-electron chi connectivity index (χ1n) is 14.8. The molecule has 0 aromatic carbocycles. The van der Waals surface area contributed by atoms with Gasteiger partial charge in [-0.25, -0.2) is 9.59 Å². The number of unbranched alkanes of at least 4 members (excludes halogenated alkanes) is 2. The van der Waals surface area contributed by atoms with Crippen LogP contribution in [0.4, 0.5) is 11.4 Å². The Morgan fingerprint density at radius 3 is 1.46 bits per heavy atom. The van der Waals surface area contributed by atoms with Crippen LogP contribution in [0.1, 0.15) is 108 Å². The van der Waals surface area contributed by atoms with Crippen molar-refractivity contribution >= 4 is 35.3 Å². The van der Waals surface area contributed by atoms with Gasteiger partial charge >= 0.3 is 53.4 Å². The number of hydrogen-bond acceptors (Lipinski definition) is 12. The summed E-state index contributed by atoms with van der Waals surface area (Å²) in [5.74, 6) is -2.42. The fraction of sp³-hybridized carbons (Fsp3) is 0.600. The molecule has 0 fully saturated rings. The summed E-state index contributed by atoms with van der Waals surface area (Å²) in [7, 11) is 0. The topological polar surface area (TPSA) is 242 Å². The van der Waals surface area contributed by atoms with Crippen molar-refractivity contribution in [3.63, 3.8) is 0 Å². The average molecular weight is 693 g/mol. The molecule has 2 heterocycles. The maximum absolute atomic E-state index is 11.9. The zero-order valence-electron chi connectivity index (χ0n) is 28.8. The van der Waals surface area contributed by atoms with Crippen LogP contribution in [0.2, 0.25) is 0 Å². The van der Waals surface area contributed by atoms with Gasteiger partial charge in [-0.2, -0.15) is 0 Å². The molecule has 0 saturated carbocycles. The Bertz CT molecular complexity index is 1390. The van der Waals surface area contributed by atoms with Crippen molar-refractivity contribution < 1.29 is 83.4 Å². The van der Waals surface area contributed by atoms with Crippen molar-refractivity contribution in [3.05, 3.63) is 56.1 Å². The zero-order chi connectivity index (χ0) is 35.2. The molecule has 0 aliphatic rings. The SMILES string of the molecule is CC(C)(C)OC(=O)CCCCn1cc([N+](=O)[O-])cc1C(=O)O.CCOC(=O)c1cc([N+](=O)[O-])cn1CCCCC(=O)OC(C)(C)C.[Na+].[OH-]. The minimum Gasteiger partial charge on any atom is -0.870 e. The fourth-order valence-electron chi connectivity index (χ4n) is 4.00. The average Bonchev–Trinajstić information content (AvgIpc) is 3.53. The number of carbonyl (C=O) groups excluding carboxylic acids is 3. The number of esters is 3. The van der Waals surface area contributed by atoms with E-state index in [4.69, 9.17) is 19.3 Å². The van der Waals surface area contributed by atoms with E-state index in [2.05, 4.69) is 0 Å². The summed E-state index contributed by atoms with van der Waals surface area (Å²) in [6.45, 7) is 13.3. The monoisotopic (exact) mass is 692 g/mol. The first-order valence-corrected chi connectivity index (χ1v) is 14.8. The number of carboxylic acid groups (broad SMARTS) is 1. The van der Waals surface area contributed by atoms with E-state index in [0.717, 1.165) is 6.07 Å². The smallest absolute Gasteiger partial charge is 0.870 e. The molecule has 0 bridgehead atoms. The number of rotatable bonds is 15. The Balaban J connectivity index is 0. The van der Waals surface area contributed by atoms with Gasteiger partial charge in [-0.3, -0.25) is 29.8 Å². The Morgan fingerprint density at radius 1 is 0.750 bits per heavy atom. The predicted molar refractivity (Wildman–Crippen MR) is 166 cm³/mol. The van der Waals surface area contributed by atoms with Crippen molar-refractivity contribution in [2.45, 2.75) is 111 Å². The normalized spacial score (nSPS) is 10.7. The van der Waals surface area contributed by atoms with Crippen molar-refractivity contribution in [3.8, 4) is 0 Å². The number of aromatic nitrogens is 2. The van der Waals surface area contributed by atoms with Crippen LogP contribution in [0.3, 0.4) is 0 Å². The van der Waals surface area contributed by atoms with Crippen LogP contribution < -0.4 is 29.6 Å². The van der Waals surface area contributed by atoms with Crippen molar-refractivity contribution in [1.29, 1.82) is 0 Å². The van der Waals surface area contributed by atoms with Gasteiger partial charge in [0.1, 0.15) is 22.6 Å². The fourth-order valence-corrected chi connectivity index (χ4v) is 4.00. The first kappa shape index (κ1) is 46.3. The van der Waals surface area contributed by atoms with E-state index in [9.17, 15) is 39.4 Å². The van der Waals surface area contributed by atoms with Gasteiger partial charge in [0.05, 0.1) is 28.8 Å². The van der Waals surface area contributed by atoms with E-state index in [1.54, 1.807) is 48.5 Å². The number of nitro groups is 2. The molecule has 2 rings (SSSR count). The van der Waals surface area contributed by atoms with E-state index >= 15 is 0 Å². The van der Waals surface area contributed by atoms with E-state index in [0.29, 0.717) is 32.2 Å². The maximum Gasteiger partial charge on any atom is 1.00 e. The third kappa shape index (κ3) is 17.9. The first-order chi connectivity index (χ1) is 21.2. The molecule has 17 nitrogen and oxygen atoms in total. The van der Waals surface area contributed by atoms with Gasteiger partial charge in [-0.15, -0.1) is 0 Å². The van der Waals surface area contributed by atoms with E-state index in [-0.39, 0.29) is 95.7 Å². The Kier molecular flexibility index (Phi) is 20.5. The van der Waals surface area contributed by atoms with Crippen molar-refractivity contribution in [1.82, 2.24) is 9.13 Å². The molecule has 0 aliphatic carbocycles. The van der Waals surface area contributed by atoms with Crippen LogP contribution in [0.15, 0.2) is 24.5 Å². The number of nitrogens with zero attached hydrogens (tertiary/aromatic N) is 4. The number of carbonyl (C=O) groups is 4. The zero-order valence-corrected chi connectivity index (χ0v) is 30.8. The number of carboxylic acids is 1. The summed E-state index contributed by atoms with van der Waals surface area (Å²) in [5, 5.41) is 30.6. The van der Waals surface area contributed by atoms with Gasteiger partial charge in [0.2, 0.25) is 0 Å². The summed E-state index contributed by atoms with van der Waals surface area (Å²) < 4.78 is 18.1. The Hall–Kier alpha value is -3.80. The van der Waals surface area contributed by atoms with E-state index < -0.39 is 33.0 Å². The summed E-state index contributed by atoms with van der Waals surface area (Å²) in [4.78, 5) is 66.4. The number of aromatic carboxylic acids is 1. The Morgan fingerprint density at radius 2 is 1.12 bits per heavy atom. The third-order valence-corrected chi connectivity index (χ3v) is 5.79. The molecule has 2 aromatic rings. The minimum absolute atomic E-state index is 0. The number of hydrogen-bond donors (Lipinski definition) is 1. The van der Waals surface area contributed by atoms with Crippen LogP contribution in [-0.2, 0) is 36.9 Å². The molecule has 0 unspecified atom stereocenters. The van der Waals surface area contributed by atoms with Crippen LogP contribution in [0.25, 0.3) is 0 Å². The van der Waals surface area contributed by atoms with Gasteiger partial charge in [-0.05, 0) is 74.1 Å². The quantitative estimate of drug-likeness (QED) is 0.0705. The molecular weight excluding hydrogens is 647 g/mol. The molecule has 0 spiro atoms. The summed E-state index contributed by atoms with van der Waals surface area (Å²) in [6.07, 6.45) is 5.15. The summed E-state index contributed by atoms with van der Waals surface area (Å²) >= 11 is 0. The van der Waals surface area contributed by atoms with E-state index in [1.165, 1.54) is 27.6 Å². The molecule has 48 heavy (non-hydrogen) atoms. The number of aryl methyl sites for hydroxylation is 2. The van der Waals surface area contributed by atoms with Crippen LogP contribution >= 0.6 is 0 Å². The second kappa shape index (κ2) is 21.2. The largest absolute Gasteiger partial charge is 1.00 e. The number of ether oxygens (including phenoxy) is 3. The summed E-state index contributed by atoms with van der Waals surface area (Å²) in [5.41, 5.74) is -1.47. The van der Waals surface area contributed by atoms with E-state index in [1.807, 2.05) is 0 Å². The standard InChI is InChI=1S/C16H24N2O6.C14H20N2O6.Na.H2O/c1-5-23-15(20)13-10-12(18(21)22)11-17(13)9-7-6-8-14(19)24-16(2,3)4;1-14(2,3)22-12(17)6-4-5-7-15-9-10(16(20)21)8-11(15)13(18)19;;/h10-11H,5-9H2,1-4H3;8-9H,4-7H2,1-3H3,(H,18,19);;1H2/q;;+1;/p-1. The van der Waals surface area contributed by atoms with Gasteiger partial charge in [0.15, 0.2) is 0 Å². The molecule has 2 N–H and O–H groups in total. The van der Waals surface area contributed by atoms with Crippen LogP contribution in [0.5, 0.6) is 0 Å². The van der Waals surface area contributed by atoms with Crippen molar-refractivity contribution in [2.24, 2.45) is 0 Å². The van der Waals surface area contributed by atoms with Gasteiger partial charge in [0, 0.05) is 38.1 Å². The Labute approximate surface area is 300 Å². The van der Waals surface area contributed by atoms with Gasteiger partial charge in [0.25, 0.3) is 11.4 Å². The molecule has 18 heteroatoms. The summed E-state index contributed by atoms with van der Waals surface area (Å²) in [6, 6.07) is 2.22. The second-order valence-electron chi connectivity index (χ2n) is 12.2. The molecule has 0 amide bonds. The van der Waals surface area contributed by atoms with Crippen LogP contribution in [0, 0.1) is 20.2 Å². The minimum atomic E-state index is -1.22. The predicted octanol–water partition coefficient (Wildman–Crippen LogP) is 2.52. The molecule has 0 saturated heterocycles. The van der Waals surface area contributed by atoms with Crippen LogP contribution in [-0.4, -0.2) is 71.2 Å². The molecule has 2 aromatic heterocycles.